The number of ether oxygens (including phenoxy) is 1. The van der Waals surface area contributed by atoms with Crippen molar-refractivity contribution in [2.24, 2.45) is 0 Å². The third kappa shape index (κ3) is 6.42. The fourth-order valence-corrected chi connectivity index (χ4v) is 7.23. The molecular weight excluding hydrogens is 432 g/mol. The minimum absolute atomic E-state index is 0.0906. The summed E-state index contributed by atoms with van der Waals surface area (Å²) in [5.74, 6) is 6.82. The first-order chi connectivity index (χ1) is 15.1. The minimum atomic E-state index is -0.0906. The number of rotatable bonds is 7. The Hall–Kier alpha value is -1.70. The molecule has 1 aliphatic heterocycles. The van der Waals surface area contributed by atoms with E-state index in [2.05, 4.69) is 70.7 Å². The molecule has 172 valence electrons. The zero-order valence-corrected chi connectivity index (χ0v) is 22.0. The number of benzene rings is 1. The number of hydrogen-bond acceptors (Lipinski definition) is 4. The molecule has 2 aromatic rings. The van der Waals surface area contributed by atoms with E-state index in [4.69, 9.17) is 4.74 Å². The van der Waals surface area contributed by atoms with E-state index < -0.39 is 0 Å². The average Bonchev–Trinajstić information content (AvgIpc) is 3.16. The van der Waals surface area contributed by atoms with Gasteiger partial charge in [-0.25, -0.2) is 0 Å². The first kappa shape index (κ1) is 24.9. The Kier molecular flexibility index (Phi) is 8.17. The van der Waals surface area contributed by atoms with Gasteiger partial charge in [-0.1, -0.05) is 46.5 Å². The molecule has 0 spiro atoms. The summed E-state index contributed by atoms with van der Waals surface area (Å²) in [4.78, 5) is 15.3. The number of fused-ring (bicyclic) bond motifs is 1. The second-order valence-corrected chi connectivity index (χ2v) is 12.7. The molecule has 1 aromatic heterocycles. The van der Waals surface area contributed by atoms with E-state index in [1.807, 2.05) is 18.7 Å². The highest BCUT2D eigenvalue weighted by Crippen LogP contribution is 2.51. The molecule has 0 unspecified atom stereocenters. The second-order valence-electron chi connectivity index (χ2n) is 9.81. The molecule has 0 bridgehead atoms. The van der Waals surface area contributed by atoms with Crippen LogP contribution in [0.15, 0.2) is 29.2 Å². The summed E-state index contributed by atoms with van der Waals surface area (Å²) in [6.07, 6.45) is 5.54. The van der Waals surface area contributed by atoms with Crippen LogP contribution in [0.2, 0.25) is 0 Å². The summed E-state index contributed by atoms with van der Waals surface area (Å²) >= 11 is 3.78. The van der Waals surface area contributed by atoms with Crippen molar-refractivity contribution >= 4 is 29.1 Å². The largest absolute Gasteiger partial charge is 0.466 e. The lowest BCUT2D eigenvalue weighted by molar-refractivity contribution is -0.143. The molecule has 4 heteroatoms. The van der Waals surface area contributed by atoms with Gasteiger partial charge in [0.25, 0.3) is 0 Å². The predicted octanol–water partition coefficient (Wildman–Crippen LogP) is 7.54. The van der Waals surface area contributed by atoms with Crippen LogP contribution in [0.5, 0.6) is 0 Å². The van der Waals surface area contributed by atoms with Gasteiger partial charge in [0.05, 0.1) is 11.5 Å². The van der Waals surface area contributed by atoms with Crippen LogP contribution in [0.4, 0.5) is 0 Å². The van der Waals surface area contributed by atoms with Crippen molar-refractivity contribution in [3.05, 3.63) is 50.7 Å². The Morgan fingerprint density at radius 1 is 1.09 bits per heavy atom. The highest BCUT2D eigenvalue weighted by molar-refractivity contribution is 8.00. The summed E-state index contributed by atoms with van der Waals surface area (Å²) in [6.45, 7) is 14.0. The molecule has 3 rings (SSSR count). The van der Waals surface area contributed by atoms with Crippen molar-refractivity contribution < 1.29 is 9.53 Å². The van der Waals surface area contributed by atoms with Crippen molar-refractivity contribution in [1.29, 1.82) is 0 Å². The van der Waals surface area contributed by atoms with Crippen molar-refractivity contribution in [1.82, 2.24) is 0 Å². The molecule has 2 nitrogen and oxygen atoms in total. The lowest BCUT2D eigenvalue weighted by Gasteiger charge is -2.42. The van der Waals surface area contributed by atoms with Gasteiger partial charge in [0, 0.05) is 26.5 Å². The molecule has 0 saturated carbocycles. The van der Waals surface area contributed by atoms with Crippen molar-refractivity contribution in [3.8, 4) is 11.8 Å². The molecule has 32 heavy (non-hydrogen) atoms. The molecule has 1 aromatic carbocycles. The van der Waals surface area contributed by atoms with Gasteiger partial charge in [0.15, 0.2) is 0 Å². The number of thioether (sulfide) groups is 1. The molecule has 0 N–H and O–H groups in total. The highest BCUT2D eigenvalue weighted by atomic mass is 32.2. The van der Waals surface area contributed by atoms with E-state index in [-0.39, 0.29) is 16.1 Å². The third-order valence-corrected chi connectivity index (χ3v) is 8.23. The number of carbonyl (C=O) groups excluding carboxylic acids is 1. The maximum atomic E-state index is 11.5. The molecule has 0 atom stereocenters. The van der Waals surface area contributed by atoms with Gasteiger partial charge >= 0.3 is 5.97 Å². The maximum absolute atomic E-state index is 11.5. The van der Waals surface area contributed by atoms with Crippen LogP contribution in [0.3, 0.4) is 0 Å². The van der Waals surface area contributed by atoms with Gasteiger partial charge in [-0.3, -0.25) is 4.79 Å². The standard InChI is InChI=1S/C28H36O2S2/c1-7-20-18-25-24(27(3,4)19-28(5,6)32-25)17-21(20)13-14-23-16-15-22(31-23)11-9-10-12-26(29)30-8-2/h15-18H,7-12,19H2,1-6H3. The Balaban J connectivity index is 1.71. The van der Waals surface area contributed by atoms with Crippen LogP contribution >= 0.6 is 23.1 Å². The van der Waals surface area contributed by atoms with Gasteiger partial charge < -0.3 is 4.74 Å². The molecule has 0 fully saturated rings. The Labute approximate surface area is 202 Å². The molecule has 1 aliphatic rings. The Morgan fingerprint density at radius 3 is 2.59 bits per heavy atom. The molecule has 0 amide bonds. The third-order valence-electron chi connectivity index (χ3n) is 5.91. The van der Waals surface area contributed by atoms with Gasteiger partial charge in [-0.05, 0) is 79.8 Å². The van der Waals surface area contributed by atoms with Crippen LogP contribution in [-0.4, -0.2) is 17.3 Å². The molecule has 2 heterocycles. The van der Waals surface area contributed by atoms with E-state index in [0.29, 0.717) is 13.0 Å². The number of thiophene rings is 1. The van der Waals surface area contributed by atoms with Crippen molar-refractivity contribution in [2.75, 3.05) is 6.61 Å². The first-order valence-electron chi connectivity index (χ1n) is 11.8. The number of hydrogen-bond donors (Lipinski definition) is 0. The smallest absolute Gasteiger partial charge is 0.305 e. The second kappa shape index (κ2) is 10.5. The first-order valence-corrected chi connectivity index (χ1v) is 13.4. The molecule has 0 radical (unpaired) electrons. The summed E-state index contributed by atoms with van der Waals surface area (Å²) in [7, 11) is 0. The fourth-order valence-electron chi connectivity index (χ4n) is 4.65. The van der Waals surface area contributed by atoms with Gasteiger partial charge in [-0.15, -0.1) is 23.1 Å². The molecular formula is C28H36O2S2. The topological polar surface area (TPSA) is 26.3 Å². The van der Waals surface area contributed by atoms with Crippen molar-refractivity contribution in [2.45, 2.75) is 95.1 Å². The number of aryl methyl sites for hydroxylation is 2. The van der Waals surface area contributed by atoms with E-state index in [1.165, 1.54) is 32.9 Å². The van der Waals surface area contributed by atoms with Gasteiger partial charge in [0.2, 0.25) is 0 Å². The lowest BCUT2D eigenvalue weighted by Crippen LogP contribution is -2.33. The summed E-state index contributed by atoms with van der Waals surface area (Å²) in [5.41, 5.74) is 4.11. The van der Waals surface area contributed by atoms with E-state index in [1.54, 1.807) is 11.3 Å². The summed E-state index contributed by atoms with van der Waals surface area (Å²) < 4.78 is 5.26. The Bertz CT molecular complexity index is 1020. The predicted molar refractivity (Wildman–Crippen MR) is 138 cm³/mol. The van der Waals surface area contributed by atoms with Gasteiger partial charge in [-0.2, -0.15) is 0 Å². The number of unbranched alkanes of at least 4 members (excludes halogenated alkanes) is 1. The zero-order chi connectivity index (χ0) is 23.4. The summed E-state index contributed by atoms with van der Waals surface area (Å²) in [6, 6.07) is 9.04. The SMILES string of the molecule is CCOC(=O)CCCCc1ccc(C#Cc2cc3c(cc2CC)SC(C)(C)CC3(C)C)s1. The quantitative estimate of drug-likeness (QED) is 0.238. The van der Waals surface area contributed by atoms with E-state index >= 15 is 0 Å². The van der Waals surface area contributed by atoms with Crippen LogP contribution in [0, 0.1) is 11.8 Å². The van der Waals surface area contributed by atoms with Gasteiger partial charge in [0.1, 0.15) is 0 Å². The zero-order valence-electron chi connectivity index (χ0n) is 20.4. The fraction of sp³-hybridized carbons (Fsp3) is 0.536. The molecule has 0 aliphatic carbocycles. The minimum Gasteiger partial charge on any atom is -0.466 e. The Morgan fingerprint density at radius 2 is 1.88 bits per heavy atom. The monoisotopic (exact) mass is 468 g/mol. The van der Waals surface area contributed by atoms with Crippen LogP contribution < -0.4 is 0 Å². The average molecular weight is 469 g/mol. The number of carbonyl (C=O) groups is 1. The molecule has 0 saturated heterocycles. The number of esters is 1. The van der Waals surface area contributed by atoms with E-state index in [9.17, 15) is 4.79 Å². The maximum Gasteiger partial charge on any atom is 0.305 e. The van der Waals surface area contributed by atoms with Crippen molar-refractivity contribution in [3.63, 3.8) is 0 Å². The normalized spacial score (nSPS) is 16.1. The highest BCUT2D eigenvalue weighted by Gasteiger charge is 2.38. The van der Waals surface area contributed by atoms with E-state index in [0.717, 1.165) is 30.6 Å². The van der Waals surface area contributed by atoms with Crippen LogP contribution in [0.25, 0.3) is 0 Å². The van der Waals surface area contributed by atoms with Crippen LogP contribution in [0.1, 0.15) is 93.7 Å². The lowest BCUT2D eigenvalue weighted by atomic mass is 9.76. The van der Waals surface area contributed by atoms with Crippen LogP contribution in [-0.2, 0) is 27.8 Å². The summed E-state index contributed by atoms with van der Waals surface area (Å²) in [5, 5.41) is 0.